The van der Waals surface area contributed by atoms with Gasteiger partial charge in [0.2, 0.25) is 0 Å². The van der Waals surface area contributed by atoms with Gasteiger partial charge in [0.1, 0.15) is 0 Å². The highest BCUT2D eigenvalue weighted by molar-refractivity contribution is 5.31. The van der Waals surface area contributed by atoms with Crippen LogP contribution in [0.3, 0.4) is 0 Å². The summed E-state index contributed by atoms with van der Waals surface area (Å²) in [7, 11) is 0. The molecule has 0 amide bonds. The summed E-state index contributed by atoms with van der Waals surface area (Å²) in [5.41, 5.74) is 2.55. The van der Waals surface area contributed by atoms with Crippen molar-refractivity contribution < 1.29 is 5.11 Å². The molecular formula is C16H26O. The van der Waals surface area contributed by atoms with Gasteiger partial charge in [0.25, 0.3) is 0 Å². The first-order chi connectivity index (χ1) is 8.00. The summed E-state index contributed by atoms with van der Waals surface area (Å²) in [5.74, 6) is 2.56. The van der Waals surface area contributed by atoms with Crippen LogP contribution in [-0.4, -0.2) is 11.7 Å². The highest BCUT2D eigenvalue weighted by Gasteiger charge is 2.62. The summed E-state index contributed by atoms with van der Waals surface area (Å²) in [6, 6.07) is 0. The fraction of sp³-hybridized carbons (Fsp3) is 0.875. The Morgan fingerprint density at radius 1 is 1.24 bits per heavy atom. The molecule has 3 aliphatic rings. The lowest BCUT2D eigenvalue weighted by Gasteiger charge is -2.36. The van der Waals surface area contributed by atoms with Gasteiger partial charge in [-0.05, 0) is 54.3 Å². The summed E-state index contributed by atoms with van der Waals surface area (Å²) in [4.78, 5) is 0. The Bertz CT molecular complexity index is 355. The molecule has 0 heterocycles. The fourth-order valence-electron chi connectivity index (χ4n) is 5.68. The van der Waals surface area contributed by atoms with E-state index in [0.29, 0.717) is 10.8 Å². The summed E-state index contributed by atoms with van der Waals surface area (Å²) >= 11 is 0. The highest BCUT2D eigenvalue weighted by atomic mass is 16.2. The Hall–Kier alpha value is -0.300. The second-order valence-corrected chi connectivity index (χ2v) is 7.42. The standard InChI is InChI=1S/C16H26O/c1-15(2)8-4-9-16(3)12(7-10-17)11-5-6-13(16)14(11)15/h7,11,13-14,17H,4-6,8-10H2,1-3H3/t11-,13+,14+,16+/m0/s1. The lowest BCUT2D eigenvalue weighted by molar-refractivity contribution is 0.141. The number of hydrogen-bond acceptors (Lipinski definition) is 1. The van der Waals surface area contributed by atoms with E-state index in [2.05, 4.69) is 26.8 Å². The van der Waals surface area contributed by atoms with Gasteiger partial charge in [0.15, 0.2) is 0 Å². The van der Waals surface area contributed by atoms with E-state index in [0.717, 1.165) is 17.8 Å². The van der Waals surface area contributed by atoms with E-state index in [4.69, 9.17) is 0 Å². The molecule has 0 radical (unpaired) electrons. The average Bonchev–Trinajstić information content (AvgIpc) is 2.74. The summed E-state index contributed by atoms with van der Waals surface area (Å²) in [6.45, 7) is 7.68. The molecule has 1 N–H and O–H groups in total. The molecule has 17 heavy (non-hydrogen) atoms. The third-order valence-corrected chi connectivity index (χ3v) is 6.26. The highest BCUT2D eigenvalue weighted by Crippen LogP contribution is 2.70. The van der Waals surface area contributed by atoms with Crippen LogP contribution in [0.15, 0.2) is 11.6 Å². The summed E-state index contributed by atoms with van der Waals surface area (Å²) < 4.78 is 0. The van der Waals surface area contributed by atoms with Crippen LogP contribution in [0.5, 0.6) is 0 Å². The largest absolute Gasteiger partial charge is 0.392 e. The number of rotatable bonds is 1. The van der Waals surface area contributed by atoms with E-state index in [1.165, 1.54) is 32.1 Å². The second kappa shape index (κ2) is 3.60. The Morgan fingerprint density at radius 2 is 2.00 bits per heavy atom. The molecule has 0 aromatic rings. The minimum absolute atomic E-state index is 0.237. The predicted octanol–water partition coefficient (Wildman–Crippen LogP) is 3.78. The number of hydrogen-bond donors (Lipinski definition) is 1. The van der Waals surface area contributed by atoms with E-state index in [-0.39, 0.29) is 6.61 Å². The maximum absolute atomic E-state index is 9.31. The molecule has 3 aliphatic carbocycles. The van der Waals surface area contributed by atoms with Crippen molar-refractivity contribution in [3.8, 4) is 0 Å². The maximum Gasteiger partial charge on any atom is 0.0615 e. The monoisotopic (exact) mass is 234 g/mol. The second-order valence-electron chi connectivity index (χ2n) is 7.42. The van der Waals surface area contributed by atoms with Gasteiger partial charge in [0, 0.05) is 0 Å². The van der Waals surface area contributed by atoms with Crippen molar-refractivity contribution in [3.63, 3.8) is 0 Å². The van der Waals surface area contributed by atoms with Crippen LogP contribution >= 0.6 is 0 Å². The van der Waals surface area contributed by atoms with Crippen LogP contribution in [-0.2, 0) is 0 Å². The van der Waals surface area contributed by atoms with Crippen LogP contribution < -0.4 is 0 Å². The van der Waals surface area contributed by atoms with Gasteiger partial charge >= 0.3 is 0 Å². The van der Waals surface area contributed by atoms with Crippen LogP contribution in [0.2, 0.25) is 0 Å². The number of aliphatic hydroxyl groups excluding tert-OH is 1. The summed E-state index contributed by atoms with van der Waals surface area (Å²) in [5, 5.41) is 9.31. The van der Waals surface area contributed by atoms with Crippen molar-refractivity contribution in [3.05, 3.63) is 11.6 Å². The molecule has 0 aromatic heterocycles. The van der Waals surface area contributed by atoms with Crippen LogP contribution in [0.4, 0.5) is 0 Å². The van der Waals surface area contributed by atoms with E-state index >= 15 is 0 Å². The van der Waals surface area contributed by atoms with E-state index in [1.54, 1.807) is 5.57 Å². The molecule has 4 atom stereocenters. The van der Waals surface area contributed by atoms with Crippen molar-refractivity contribution in [2.24, 2.45) is 28.6 Å². The van der Waals surface area contributed by atoms with Gasteiger partial charge in [-0.3, -0.25) is 0 Å². The number of aliphatic hydroxyl groups is 1. The zero-order valence-electron chi connectivity index (χ0n) is 11.5. The zero-order chi connectivity index (χ0) is 12.3. The first-order valence-electron chi connectivity index (χ1n) is 7.32. The first kappa shape index (κ1) is 11.8. The fourth-order valence-corrected chi connectivity index (χ4v) is 5.68. The number of allylic oxidation sites excluding steroid dienone is 1. The van der Waals surface area contributed by atoms with Crippen molar-refractivity contribution >= 4 is 0 Å². The lowest BCUT2D eigenvalue weighted by Crippen LogP contribution is -2.28. The zero-order valence-corrected chi connectivity index (χ0v) is 11.5. The van der Waals surface area contributed by atoms with Crippen molar-refractivity contribution in [1.82, 2.24) is 0 Å². The molecule has 1 heteroatoms. The van der Waals surface area contributed by atoms with Crippen molar-refractivity contribution in [2.45, 2.75) is 52.9 Å². The third-order valence-electron chi connectivity index (χ3n) is 6.26. The molecule has 0 unspecified atom stereocenters. The minimum Gasteiger partial charge on any atom is -0.392 e. The molecule has 1 nitrogen and oxygen atoms in total. The predicted molar refractivity (Wildman–Crippen MR) is 70.6 cm³/mol. The Kier molecular flexibility index (Phi) is 2.49. The van der Waals surface area contributed by atoms with E-state index in [9.17, 15) is 5.11 Å². The van der Waals surface area contributed by atoms with Gasteiger partial charge in [-0.15, -0.1) is 0 Å². The van der Waals surface area contributed by atoms with Crippen LogP contribution in [0.1, 0.15) is 52.9 Å². The van der Waals surface area contributed by atoms with Gasteiger partial charge in [-0.25, -0.2) is 0 Å². The van der Waals surface area contributed by atoms with Gasteiger partial charge in [-0.1, -0.05) is 38.8 Å². The molecule has 0 spiro atoms. The molecule has 0 saturated heterocycles. The molecule has 4 bridgehead atoms. The summed E-state index contributed by atoms with van der Waals surface area (Å²) in [6.07, 6.45) is 9.06. The molecular weight excluding hydrogens is 208 g/mol. The van der Waals surface area contributed by atoms with Crippen molar-refractivity contribution in [2.75, 3.05) is 6.61 Å². The Balaban J connectivity index is 2.08. The minimum atomic E-state index is 0.237. The SMILES string of the molecule is CC1(C)CCC[C@]2(C)C(=CCO)[C@@H]3CC[C@@H]2[C@@H]31. The molecule has 0 aromatic carbocycles. The molecule has 3 rings (SSSR count). The molecule has 0 aliphatic heterocycles. The molecule has 3 saturated carbocycles. The third kappa shape index (κ3) is 1.41. The van der Waals surface area contributed by atoms with Crippen LogP contribution in [0, 0.1) is 28.6 Å². The first-order valence-corrected chi connectivity index (χ1v) is 7.32. The van der Waals surface area contributed by atoms with E-state index < -0.39 is 0 Å². The van der Waals surface area contributed by atoms with Gasteiger partial charge in [-0.2, -0.15) is 0 Å². The molecule has 96 valence electrons. The quantitative estimate of drug-likeness (QED) is 0.685. The lowest BCUT2D eigenvalue weighted by atomic mass is 9.68. The normalized spacial score (nSPS) is 49.6. The smallest absolute Gasteiger partial charge is 0.0615 e. The maximum atomic E-state index is 9.31. The average molecular weight is 234 g/mol. The van der Waals surface area contributed by atoms with E-state index in [1.807, 2.05) is 0 Å². The van der Waals surface area contributed by atoms with Crippen LogP contribution in [0.25, 0.3) is 0 Å². The Morgan fingerprint density at radius 3 is 2.71 bits per heavy atom. The topological polar surface area (TPSA) is 20.2 Å². The van der Waals surface area contributed by atoms with Gasteiger partial charge < -0.3 is 5.11 Å². The molecule has 3 fully saturated rings. The van der Waals surface area contributed by atoms with Gasteiger partial charge in [0.05, 0.1) is 6.61 Å². The van der Waals surface area contributed by atoms with Crippen molar-refractivity contribution in [1.29, 1.82) is 0 Å². The Labute approximate surface area is 105 Å².